The Morgan fingerprint density at radius 2 is 2.00 bits per heavy atom. The summed E-state index contributed by atoms with van der Waals surface area (Å²) in [4.78, 5) is 0. The van der Waals surface area contributed by atoms with Gasteiger partial charge in [-0.1, -0.05) is 26.7 Å². The summed E-state index contributed by atoms with van der Waals surface area (Å²) in [6.07, 6.45) is 7.48. The van der Waals surface area contributed by atoms with Gasteiger partial charge in [0.2, 0.25) is 0 Å². The van der Waals surface area contributed by atoms with Gasteiger partial charge in [-0.15, -0.1) is 5.53 Å². The van der Waals surface area contributed by atoms with Gasteiger partial charge in [0.1, 0.15) is 5.84 Å². The van der Waals surface area contributed by atoms with Crippen LogP contribution in [0.25, 0.3) is 0 Å². The van der Waals surface area contributed by atoms with Gasteiger partial charge in [0.15, 0.2) is 0 Å². The summed E-state index contributed by atoms with van der Waals surface area (Å²) in [5.41, 5.74) is 7.10. The Bertz CT molecular complexity index is 235. The number of nitrogens with zero attached hydrogens (tertiary/aromatic N) is 1. The van der Waals surface area contributed by atoms with Crippen molar-refractivity contribution < 1.29 is 0 Å². The number of hydrogen-bond donors (Lipinski definition) is 3. The number of unbranched alkanes of at least 4 members (excludes halogenated alkanes) is 2. The van der Waals surface area contributed by atoms with Crippen molar-refractivity contribution in [1.29, 1.82) is 5.41 Å². The second-order valence-corrected chi connectivity index (χ2v) is 3.88. The maximum absolute atomic E-state index is 8.02. The third-order valence-corrected chi connectivity index (χ3v) is 2.55. The lowest BCUT2D eigenvalue weighted by atomic mass is 10.1. The highest BCUT2D eigenvalue weighted by Gasteiger charge is 2.16. The van der Waals surface area contributed by atoms with E-state index in [4.69, 9.17) is 5.41 Å². The van der Waals surface area contributed by atoms with Gasteiger partial charge in [-0.3, -0.25) is 10.4 Å². The molecule has 15 heavy (non-hydrogen) atoms. The van der Waals surface area contributed by atoms with Crippen molar-refractivity contribution in [3.05, 3.63) is 11.8 Å². The Labute approximate surface area is 92.2 Å². The molecule has 0 saturated heterocycles. The molecule has 0 aromatic carbocycles. The van der Waals surface area contributed by atoms with Crippen LogP contribution in [0.5, 0.6) is 0 Å². The molecule has 86 valence electrons. The fourth-order valence-corrected chi connectivity index (χ4v) is 1.54. The first-order chi connectivity index (χ1) is 7.29. The smallest absolute Gasteiger partial charge is 0.141 e. The molecule has 3 N–H and O–H groups in total. The molecular formula is C11H22N4. The van der Waals surface area contributed by atoms with Crippen LogP contribution in [0.2, 0.25) is 0 Å². The fourth-order valence-electron chi connectivity index (χ4n) is 1.54. The molecule has 0 atom stereocenters. The summed E-state index contributed by atoms with van der Waals surface area (Å²) < 4.78 is 0. The Kier molecular flexibility index (Phi) is 5.18. The summed E-state index contributed by atoms with van der Waals surface area (Å²) in [5, 5.41) is 9.90. The first kappa shape index (κ1) is 12.0. The van der Waals surface area contributed by atoms with Crippen LogP contribution in [0, 0.1) is 5.41 Å². The lowest BCUT2D eigenvalue weighted by Gasteiger charge is -2.30. The van der Waals surface area contributed by atoms with Gasteiger partial charge in [0, 0.05) is 18.3 Å². The SMILES string of the molecule is CCCCC1=CNNN(CCCC)C1=N. The fraction of sp³-hybridized carbons (Fsp3) is 0.727. The Morgan fingerprint density at radius 1 is 1.27 bits per heavy atom. The van der Waals surface area contributed by atoms with Crippen molar-refractivity contribution in [1.82, 2.24) is 16.0 Å². The van der Waals surface area contributed by atoms with Crippen molar-refractivity contribution in [2.75, 3.05) is 6.54 Å². The summed E-state index contributed by atoms with van der Waals surface area (Å²) in [5.74, 6) is 0.621. The minimum Gasteiger partial charge on any atom is -0.311 e. The molecule has 0 unspecified atom stereocenters. The first-order valence-electron chi connectivity index (χ1n) is 5.86. The molecule has 1 rings (SSSR count). The third kappa shape index (κ3) is 3.55. The van der Waals surface area contributed by atoms with Crippen LogP contribution in [0.4, 0.5) is 0 Å². The second-order valence-electron chi connectivity index (χ2n) is 3.88. The van der Waals surface area contributed by atoms with Gasteiger partial charge in [-0.25, -0.2) is 0 Å². The first-order valence-corrected chi connectivity index (χ1v) is 5.86. The van der Waals surface area contributed by atoms with E-state index in [0.29, 0.717) is 5.84 Å². The zero-order chi connectivity index (χ0) is 11.1. The highest BCUT2D eigenvalue weighted by Crippen LogP contribution is 2.12. The molecule has 1 aliphatic heterocycles. The van der Waals surface area contributed by atoms with Crippen LogP contribution < -0.4 is 11.0 Å². The third-order valence-electron chi connectivity index (χ3n) is 2.55. The van der Waals surface area contributed by atoms with Gasteiger partial charge in [-0.05, 0) is 19.3 Å². The van der Waals surface area contributed by atoms with Crippen molar-refractivity contribution in [3.63, 3.8) is 0 Å². The Hall–Kier alpha value is -1.03. The van der Waals surface area contributed by atoms with E-state index < -0.39 is 0 Å². The largest absolute Gasteiger partial charge is 0.311 e. The zero-order valence-electron chi connectivity index (χ0n) is 9.77. The van der Waals surface area contributed by atoms with Crippen LogP contribution in [0.3, 0.4) is 0 Å². The molecule has 4 nitrogen and oxygen atoms in total. The number of nitrogens with one attached hydrogen (secondary N) is 3. The van der Waals surface area contributed by atoms with E-state index in [9.17, 15) is 0 Å². The van der Waals surface area contributed by atoms with E-state index in [1.54, 1.807) is 0 Å². The van der Waals surface area contributed by atoms with Crippen LogP contribution in [-0.2, 0) is 0 Å². The summed E-state index contributed by atoms with van der Waals surface area (Å²) in [6, 6.07) is 0. The monoisotopic (exact) mass is 210 g/mol. The molecule has 0 aliphatic carbocycles. The average Bonchev–Trinajstić information content (AvgIpc) is 2.26. The molecule has 0 spiro atoms. The van der Waals surface area contributed by atoms with Crippen LogP contribution in [-0.4, -0.2) is 17.4 Å². The van der Waals surface area contributed by atoms with Gasteiger partial charge < -0.3 is 5.43 Å². The standard InChI is InChI=1S/C11H22N4/c1-3-5-7-10-9-13-14-15(11(10)12)8-6-4-2/h9,12-14H,3-8H2,1-2H3. The van der Waals surface area contributed by atoms with E-state index in [1.807, 2.05) is 11.2 Å². The van der Waals surface area contributed by atoms with E-state index in [-0.39, 0.29) is 0 Å². The number of hydrogen-bond acceptors (Lipinski definition) is 3. The van der Waals surface area contributed by atoms with Crippen molar-refractivity contribution in [3.8, 4) is 0 Å². The minimum atomic E-state index is 0.621. The summed E-state index contributed by atoms with van der Waals surface area (Å²) in [7, 11) is 0. The zero-order valence-corrected chi connectivity index (χ0v) is 9.77. The Morgan fingerprint density at radius 3 is 2.67 bits per heavy atom. The van der Waals surface area contributed by atoms with E-state index in [0.717, 1.165) is 37.8 Å². The van der Waals surface area contributed by atoms with Crippen molar-refractivity contribution in [2.45, 2.75) is 46.0 Å². The molecule has 0 aromatic rings. The molecule has 0 radical (unpaired) electrons. The summed E-state index contributed by atoms with van der Waals surface area (Å²) >= 11 is 0. The topological polar surface area (TPSA) is 51.1 Å². The highest BCUT2D eigenvalue weighted by atomic mass is 15.7. The second kappa shape index (κ2) is 6.45. The predicted molar refractivity (Wildman–Crippen MR) is 63.2 cm³/mol. The average molecular weight is 210 g/mol. The van der Waals surface area contributed by atoms with Gasteiger partial charge in [0.25, 0.3) is 0 Å². The van der Waals surface area contributed by atoms with E-state index in [1.165, 1.54) is 6.42 Å². The molecule has 0 amide bonds. The van der Waals surface area contributed by atoms with Crippen LogP contribution in [0.15, 0.2) is 11.8 Å². The maximum atomic E-state index is 8.02. The Balaban J connectivity index is 2.45. The van der Waals surface area contributed by atoms with Crippen LogP contribution >= 0.6 is 0 Å². The lowest BCUT2D eigenvalue weighted by Crippen LogP contribution is -2.52. The molecule has 1 heterocycles. The molecule has 1 aliphatic rings. The molecule has 4 heteroatoms. The molecule has 0 aromatic heterocycles. The molecule has 0 fully saturated rings. The predicted octanol–water partition coefficient (Wildman–Crippen LogP) is 2.16. The number of rotatable bonds is 6. The van der Waals surface area contributed by atoms with Gasteiger partial charge in [-0.2, -0.15) is 0 Å². The quantitative estimate of drug-likeness (QED) is 0.629. The number of hydrazine groups is 2. The van der Waals surface area contributed by atoms with Crippen molar-refractivity contribution >= 4 is 5.84 Å². The van der Waals surface area contributed by atoms with Gasteiger partial charge >= 0.3 is 0 Å². The number of amidine groups is 1. The molecule has 0 bridgehead atoms. The molecular weight excluding hydrogens is 188 g/mol. The molecule has 0 saturated carbocycles. The van der Waals surface area contributed by atoms with E-state index >= 15 is 0 Å². The van der Waals surface area contributed by atoms with Crippen LogP contribution in [0.1, 0.15) is 46.0 Å². The summed E-state index contributed by atoms with van der Waals surface area (Å²) in [6.45, 7) is 5.23. The van der Waals surface area contributed by atoms with E-state index in [2.05, 4.69) is 24.8 Å². The highest BCUT2D eigenvalue weighted by molar-refractivity contribution is 5.95. The minimum absolute atomic E-state index is 0.621. The normalized spacial score (nSPS) is 16.3. The maximum Gasteiger partial charge on any atom is 0.141 e. The van der Waals surface area contributed by atoms with Gasteiger partial charge in [0.05, 0.1) is 0 Å². The van der Waals surface area contributed by atoms with Crippen molar-refractivity contribution in [2.24, 2.45) is 0 Å². The lowest BCUT2D eigenvalue weighted by molar-refractivity contribution is 0.262.